The van der Waals surface area contributed by atoms with E-state index in [1.165, 1.54) is 0 Å². The zero-order chi connectivity index (χ0) is 18.8. The number of hydrazone groups is 1. The van der Waals surface area contributed by atoms with E-state index in [2.05, 4.69) is 36.9 Å². The van der Waals surface area contributed by atoms with Crippen LogP contribution < -0.4 is 4.83 Å². The molecule has 0 amide bonds. The Morgan fingerprint density at radius 1 is 1.32 bits per heavy atom. The first-order chi connectivity index (χ1) is 11.6. The van der Waals surface area contributed by atoms with E-state index in [9.17, 15) is 8.42 Å². The highest BCUT2D eigenvalue weighted by atomic mass is 32.2. The Morgan fingerprint density at radius 3 is 2.44 bits per heavy atom. The van der Waals surface area contributed by atoms with Crippen molar-refractivity contribution in [2.45, 2.75) is 45.4 Å². The molecule has 1 aliphatic rings. The minimum absolute atomic E-state index is 0.216. The number of nitrogens with one attached hydrogen (secondary N) is 1. The van der Waals surface area contributed by atoms with Gasteiger partial charge in [0.05, 0.1) is 4.90 Å². The van der Waals surface area contributed by atoms with E-state index >= 15 is 0 Å². The maximum absolute atomic E-state index is 12.5. The summed E-state index contributed by atoms with van der Waals surface area (Å²) >= 11 is 0. The van der Waals surface area contributed by atoms with Gasteiger partial charge in [0, 0.05) is 11.1 Å². The van der Waals surface area contributed by atoms with E-state index in [0.717, 1.165) is 23.3 Å². The van der Waals surface area contributed by atoms with E-state index < -0.39 is 10.0 Å². The van der Waals surface area contributed by atoms with E-state index in [0.29, 0.717) is 12.3 Å². The van der Waals surface area contributed by atoms with Crippen LogP contribution in [0.15, 0.2) is 59.1 Å². The Labute approximate surface area is 151 Å². The van der Waals surface area contributed by atoms with Crippen molar-refractivity contribution < 1.29 is 8.42 Å². The Kier molecular flexibility index (Phi) is 5.57. The van der Waals surface area contributed by atoms with Crippen LogP contribution in [0.3, 0.4) is 0 Å². The van der Waals surface area contributed by atoms with Crippen LogP contribution in [0, 0.1) is 24.2 Å². The molecule has 0 unspecified atom stereocenters. The molecule has 1 aromatic carbocycles. The van der Waals surface area contributed by atoms with Crippen LogP contribution in [0.25, 0.3) is 0 Å². The predicted octanol–water partition coefficient (Wildman–Crippen LogP) is 4.44. The Balaban J connectivity index is 2.31. The quantitative estimate of drug-likeness (QED) is 0.623. The number of hydrogen-bond acceptors (Lipinski definition) is 3. The lowest BCUT2D eigenvalue weighted by Gasteiger charge is -2.42. The Bertz CT molecular complexity index is 789. The minimum Gasteiger partial charge on any atom is -0.200 e. The normalized spacial score (nSPS) is 24.7. The second-order valence-corrected chi connectivity index (χ2v) is 9.17. The second kappa shape index (κ2) is 7.16. The number of hydrogen-bond donors (Lipinski definition) is 1. The van der Waals surface area contributed by atoms with Crippen molar-refractivity contribution >= 4 is 15.7 Å². The van der Waals surface area contributed by atoms with E-state index in [1.807, 2.05) is 19.9 Å². The van der Waals surface area contributed by atoms with E-state index in [-0.39, 0.29) is 16.2 Å². The van der Waals surface area contributed by atoms with Crippen LogP contribution in [-0.4, -0.2) is 14.1 Å². The molecule has 4 nitrogen and oxygen atoms in total. The monoisotopic (exact) mass is 360 g/mol. The van der Waals surface area contributed by atoms with Gasteiger partial charge in [-0.3, -0.25) is 0 Å². The van der Waals surface area contributed by atoms with Crippen LogP contribution >= 0.6 is 0 Å². The number of allylic oxidation sites excluding steroid dienone is 2. The van der Waals surface area contributed by atoms with Gasteiger partial charge in [-0.1, -0.05) is 49.8 Å². The summed E-state index contributed by atoms with van der Waals surface area (Å²) in [6, 6.07) is 6.73. The molecule has 0 spiro atoms. The molecule has 2 atom stereocenters. The zero-order valence-electron chi connectivity index (χ0n) is 15.5. The van der Waals surface area contributed by atoms with Gasteiger partial charge in [-0.25, -0.2) is 4.83 Å². The minimum atomic E-state index is -3.67. The van der Waals surface area contributed by atoms with Gasteiger partial charge in [-0.2, -0.15) is 13.5 Å². The van der Waals surface area contributed by atoms with Gasteiger partial charge in [0.1, 0.15) is 0 Å². The molecule has 1 saturated carbocycles. The van der Waals surface area contributed by atoms with Gasteiger partial charge in [0.15, 0.2) is 0 Å². The van der Waals surface area contributed by atoms with Crippen molar-refractivity contribution in [1.29, 1.82) is 0 Å². The van der Waals surface area contributed by atoms with Gasteiger partial charge in [0.2, 0.25) is 0 Å². The lowest BCUT2D eigenvalue weighted by atomic mass is 9.63. The topological polar surface area (TPSA) is 58.5 Å². The molecule has 0 radical (unpaired) electrons. The summed E-state index contributed by atoms with van der Waals surface area (Å²) in [4.78, 5) is 2.64. The van der Waals surface area contributed by atoms with E-state index in [4.69, 9.17) is 0 Å². The number of rotatable bonds is 5. The number of benzene rings is 1. The highest BCUT2D eigenvalue weighted by molar-refractivity contribution is 7.89. The summed E-state index contributed by atoms with van der Waals surface area (Å²) < 4.78 is 25.0. The van der Waals surface area contributed by atoms with Crippen molar-refractivity contribution in [3.05, 3.63) is 54.6 Å². The van der Waals surface area contributed by atoms with Crippen molar-refractivity contribution in [2.24, 2.45) is 22.4 Å². The lowest BCUT2D eigenvalue weighted by Crippen LogP contribution is -2.41. The molecule has 5 heteroatoms. The molecule has 0 aromatic heterocycles. The highest BCUT2D eigenvalue weighted by Crippen LogP contribution is 2.43. The molecule has 0 bridgehead atoms. The number of sulfonamides is 1. The Morgan fingerprint density at radius 2 is 1.92 bits per heavy atom. The van der Waals surface area contributed by atoms with Crippen LogP contribution in [0.4, 0.5) is 0 Å². The van der Waals surface area contributed by atoms with Crippen LogP contribution in [0.1, 0.15) is 39.2 Å². The third-order valence-electron chi connectivity index (χ3n) is 5.26. The molecule has 0 aliphatic heterocycles. The molecule has 0 heterocycles. The average Bonchev–Trinajstić information content (AvgIpc) is 2.53. The van der Waals surface area contributed by atoms with Crippen molar-refractivity contribution in [3.8, 4) is 0 Å². The zero-order valence-corrected chi connectivity index (χ0v) is 16.4. The summed E-state index contributed by atoms with van der Waals surface area (Å²) in [6.07, 6.45) is 3.62. The number of nitrogens with zero attached hydrogens (tertiary/aromatic N) is 1. The fourth-order valence-corrected chi connectivity index (χ4v) is 4.07. The molecular weight excluding hydrogens is 332 g/mol. The molecule has 25 heavy (non-hydrogen) atoms. The molecule has 1 aliphatic carbocycles. The van der Waals surface area contributed by atoms with Gasteiger partial charge in [-0.15, -0.1) is 6.58 Å². The van der Waals surface area contributed by atoms with Crippen molar-refractivity contribution in [3.63, 3.8) is 0 Å². The van der Waals surface area contributed by atoms with Gasteiger partial charge in [0.25, 0.3) is 10.0 Å². The maximum Gasteiger partial charge on any atom is 0.276 e. The van der Waals surface area contributed by atoms with Gasteiger partial charge >= 0.3 is 0 Å². The summed E-state index contributed by atoms with van der Waals surface area (Å²) in [7, 11) is -3.67. The number of aryl methyl sites for hydroxylation is 1. The fraction of sp³-hybridized carbons (Fsp3) is 0.450. The third-order valence-corrected chi connectivity index (χ3v) is 6.49. The smallest absolute Gasteiger partial charge is 0.200 e. The first-order valence-corrected chi connectivity index (χ1v) is 9.99. The van der Waals surface area contributed by atoms with Crippen molar-refractivity contribution in [1.82, 2.24) is 4.83 Å². The third kappa shape index (κ3) is 4.21. The van der Waals surface area contributed by atoms with Crippen molar-refractivity contribution in [2.75, 3.05) is 0 Å². The summed E-state index contributed by atoms with van der Waals surface area (Å²) in [5, 5.41) is 4.33. The van der Waals surface area contributed by atoms with E-state index in [1.54, 1.807) is 24.3 Å². The molecular formula is C20H28N2O2S. The van der Waals surface area contributed by atoms with Crippen LogP contribution in [-0.2, 0) is 10.0 Å². The molecule has 1 aromatic rings. The van der Waals surface area contributed by atoms with Gasteiger partial charge in [-0.05, 0) is 50.7 Å². The molecule has 136 valence electrons. The molecule has 1 fully saturated rings. The first-order valence-electron chi connectivity index (χ1n) is 8.51. The highest BCUT2D eigenvalue weighted by Gasteiger charge is 2.40. The summed E-state index contributed by atoms with van der Waals surface area (Å²) in [6.45, 7) is 16.1. The second-order valence-electron chi connectivity index (χ2n) is 7.51. The predicted molar refractivity (Wildman–Crippen MR) is 104 cm³/mol. The Hall–Kier alpha value is -1.88. The summed E-state index contributed by atoms with van der Waals surface area (Å²) in [5.41, 5.74) is 2.70. The molecule has 1 N–H and O–H groups in total. The average molecular weight is 361 g/mol. The molecule has 2 rings (SSSR count). The first kappa shape index (κ1) is 19.4. The van der Waals surface area contributed by atoms with Crippen LogP contribution in [0.5, 0.6) is 0 Å². The SMILES string of the molecule is C=C[C@H]1C[C@H](C(=C)C)C/C(=N\NS(=O)(=O)c2ccc(C)cc2)C1(C)C. The molecule has 0 saturated heterocycles. The van der Waals surface area contributed by atoms with Gasteiger partial charge < -0.3 is 0 Å². The maximum atomic E-state index is 12.5. The fourth-order valence-electron chi connectivity index (χ4n) is 3.24. The summed E-state index contributed by atoms with van der Waals surface area (Å²) in [5.74, 6) is 0.518. The van der Waals surface area contributed by atoms with Crippen LogP contribution in [0.2, 0.25) is 0 Å². The standard InChI is InChI=1S/C20H28N2O2S/c1-7-17-12-16(14(2)3)13-19(20(17,5)6)21-22-25(23,24)18-10-8-15(4)9-11-18/h7-11,16-17,22H,1-2,12-13H2,3-6H3/b21-19+/t16-,17-/m0/s1. The largest absolute Gasteiger partial charge is 0.276 e. The lowest BCUT2D eigenvalue weighted by molar-refractivity contribution is 0.278.